The van der Waals surface area contributed by atoms with Crippen molar-refractivity contribution in [3.05, 3.63) is 23.3 Å². The van der Waals surface area contributed by atoms with Crippen LogP contribution in [0.5, 0.6) is 5.75 Å². The minimum Gasteiger partial charge on any atom is -0.496 e. The van der Waals surface area contributed by atoms with Crippen molar-refractivity contribution in [2.45, 2.75) is 42.9 Å². The Morgan fingerprint density at radius 1 is 1.33 bits per heavy atom. The van der Waals surface area contributed by atoms with Gasteiger partial charge in [0.05, 0.1) is 7.11 Å². The molecule has 1 aliphatic rings. The molecule has 3 heteroatoms. The molecule has 0 saturated heterocycles. The maximum absolute atomic E-state index is 6.13. The fourth-order valence-electron chi connectivity index (χ4n) is 3.21. The van der Waals surface area contributed by atoms with Crippen molar-refractivity contribution in [2.24, 2.45) is 5.73 Å². The number of hydrogen-bond donors (Lipinski definition) is 1. The van der Waals surface area contributed by atoms with Crippen LogP contribution in [0.3, 0.4) is 0 Å². The number of nitrogens with two attached hydrogens (primary N) is 1. The SMILES string of the molecule is COc1c(C)ccc(SC)c1C1(CN)CCCC1. The minimum atomic E-state index is 0.135. The van der Waals surface area contributed by atoms with Gasteiger partial charge in [0, 0.05) is 22.4 Å². The molecule has 100 valence electrons. The Bertz CT molecular complexity index is 425. The molecule has 1 saturated carbocycles. The number of aryl methyl sites for hydroxylation is 1. The molecule has 1 aliphatic carbocycles. The molecule has 0 spiro atoms. The largest absolute Gasteiger partial charge is 0.496 e. The van der Waals surface area contributed by atoms with E-state index in [0.717, 1.165) is 12.3 Å². The van der Waals surface area contributed by atoms with Crippen LogP contribution in [0.25, 0.3) is 0 Å². The van der Waals surface area contributed by atoms with Crippen molar-refractivity contribution >= 4 is 11.8 Å². The molecular formula is C15H23NOS. The molecule has 1 aromatic rings. The summed E-state index contributed by atoms with van der Waals surface area (Å²) in [7, 11) is 1.77. The van der Waals surface area contributed by atoms with Gasteiger partial charge in [0.1, 0.15) is 5.75 Å². The van der Waals surface area contributed by atoms with Gasteiger partial charge in [-0.15, -0.1) is 11.8 Å². The number of benzene rings is 1. The topological polar surface area (TPSA) is 35.2 Å². The first-order valence-corrected chi connectivity index (χ1v) is 7.83. The summed E-state index contributed by atoms with van der Waals surface area (Å²) in [4.78, 5) is 1.32. The number of ether oxygens (including phenoxy) is 1. The highest BCUT2D eigenvalue weighted by Gasteiger charge is 2.38. The van der Waals surface area contributed by atoms with Crippen molar-refractivity contribution < 1.29 is 4.74 Å². The molecule has 1 aromatic carbocycles. The summed E-state index contributed by atoms with van der Waals surface area (Å²) in [5, 5.41) is 0. The summed E-state index contributed by atoms with van der Waals surface area (Å²) >= 11 is 1.80. The second kappa shape index (κ2) is 5.54. The highest BCUT2D eigenvalue weighted by molar-refractivity contribution is 7.98. The van der Waals surface area contributed by atoms with Gasteiger partial charge in [-0.25, -0.2) is 0 Å². The molecule has 0 heterocycles. The van der Waals surface area contributed by atoms with Crippen LogP contribution in [0.4, 0.5) is 0 Å². The van der Waals surface area contributed by atoms with Crippen LogP contribution in [0.15, 0.2) is 17.0 Å². The lowest BCUT2D eigenvalue weighted by Gasteiger charge is -2.32. The van der Waals surface area contributed by atoms with Crippen molar-refractivity contribution in [2.75, 3.05) is 19.9 Å². The Morgan fingerprint density at radius 3 is 2.50 bits per heavy atom. The van der Waals surface area contributed by atoms with Crippen LogP contribution in [-0.2, 0) is 5.41 Å². The van der Waals surface area contributed by atoms with Crippen molar-refractivity contribution in [1.82, 2.24) is 0 Å². The Hall–Kier alpha value is -0.670. The van der Waals surface area contributed by atoms with Gasteiger partial charge in [0.2, 0.25) is 0 Å². The van der Waals surface area contributed by atoms with Gasteiger partial charge < -0.3 is 10.5 Å². The first kappa shape index (κ1) is 13.8. The average Bonchev–Trinajstić information content (AvgIpc) is 2.88. The van der Waals surface area contributed by atoms with E-state index in [0.29, 0.717) is 0 Å². The van der Waals surface area contributed by atoms with E-state index in [1.807, 2.05) is 0 Å². The van der Waals surface area contributed by atoms with Gasteiger partial charge in [-0.1, -0.05) is 18.9 Å². The van der Waals surface area contributed by atoms with E-state index in [1.54, 1.807) is 18.9 Å². The summed E-state index contributed by atoms with van der Waals surface area (Å²) < 4.78 is 5.69. The molecule has 0 atom stereocenters. The zero-order chi connectivity index (χ0) is 13.2. The van der Waals surface area contributed by atoms with Crippen LogP contribution in [0, 0.1) is 6.92 Å². The molecule has 2 nitrogen and oxygen atoms in total. The van der Waals surface area contributed by atoms with Crippen LogP contribution >= 0.6 is 11.8 Å². The Balaban J connectivity index is 2.62. The van der Waals surface area contributed by atoms with Crippen LogP contribution in [-0.4, -0.2) is 19.9 Å². The van der Waals surface area contributed by atoms with Crippen LogP contribution < -0.4 is 10.5 Å². The zero-order valence-corrected chi connectivity index (χ0v) is 12.4. The predicted octanol–water partition coefficient (Wildman–Crippen LogP) is 3.50. The second-order valence-corrected chi connectivity index (χ2v) is 6.03. The molecule has 0 unspecified atom stereocenters. The lowest BCUT2D eigenvalue weighted by atomic mass is 9.77. The molecule has 0 bridgehead atoms. The van der Waals surface area contributed by atoms with Crippen molar-refractivity contribution in [3.8, 4) is 5.75 Å². The van der Waals surface area contributed by atoms with E-state index in [9.17, 15) is 0 Å². The van der Waals surface area contributed by atoms with E-state index >= 15 is 0 Å². The summed E-state index contributed by atoms with van der Waals surface area (Å²) in [6, 6.07) is 4.36. The number of thioether (sulfide) groups is 1. The molecule has 2 rings (SSSR count). The Labute approximate surface area is 114 Å². The summed E-state index contributed by atoms with van der Waals surface area (Å²) in [6.07, 6.45) is 7.07. The summed E-state index contributed by atoms with van der Waals surface area (Å²) in [5.41, 5.74) is 8.84. The van der Waals surface area contributed by atoms with E-state index < -0.39 is 0 Å². The molecule has 0 radical (unpaired) electrons. The van der Waals surface area contributed by atoms with Crippen LogP contribution in [0.2, 0.25) is 0 Å². The summed E-state index contributed by atoms with van der Waals surface area (Å²) in [5.74, 6) is 1.05. The third-order valence-electron chi connectivity index (χ3n) is 4.22. The van der Waals surface area contributed by atoms with Crippen molar-refractivity contribution in [1.29, 1.82) is 0 Å². The fourth-order valence-corrected chi connectivity index (χ4v) is 3.93. The fraction of sp³-hybridized carbons (Fsp3) is 0.600. The summed E-state index contributed by atoms with van der Waals surface area (Å²) in [6.45, 7) is 2.84. The molecule has 18 heavy (non-hydrogen) atoms. The average molecular weight is 265 g/mol. The third-order valence-corrected chi connectivity index (χ3v) is 5.00. The number of rotatable bonds is 4. The molecule has 1 fully saturated rings. The number of hydrogen-bond acceptors (Lipinski definition) is 3. The standard InChI is InChI=1S/C15H23NOS/c1-11-6-7-12(18-3)13(14(11)17-2)15(10-16)8-4-5-9-15/h6-7H,4-5,8-10,16H2,1-3H3. The Morgan fingerprint density at radius 2 is 2.00 bits per heavy atom. The van der Waals surface area contributed by atoms with E-state index in [1.165, 1.54) is 41.7 Å². The van der Waals surface area contributed by atoms with Gasteiger partial charge in [0.25, 0.3) is 0 Å². The van der Waals surface area contributed by atoms with Gasteiger partial charge in [-0.2, -0.15) is 0 Å². The molecule has 0 aliphatic heterocycles. The first-order valence-electron chi connectivity index (χ1n) is 6.60. The maximum atomic E-state index is 6.13. The molecule has 0 aromatic heterocycles. The van der Waals surface area contributed by atoms with Crippen LogP contribution in [0.1, 0.15) is 36.8 Å². The predicted molar refractivity (Wildman–Crippen MR) is 78.7 cm³/mol. The molecule has 0 amide bonds. The van der Waals surface area contributed by atoms with Gasteiger partial charge in [0.15, 0.2) is 0 Å². The second-order valence-electron chi connectivity index (χ2n) is 5.18. The minimum absolute atomic E-state index is 0.135. The number of methoxy groups -OCH3 is 1. The molecular weight excluding hydrogens is 242 g/mol. The lowest BCUT2D eigenvalue weighted by Crippen LogP contribution is -2.33. The van der Waals surface area contributed by atoms with Crippen molar-refractivity contribution in [3.63, 3.8) is 0 Å². The van der Waals surface area contributed by atoms with Gasteiger partial charge in [-0.3, -0.25) is 0 Å². The highest BCUT2D eigenvalue weighted by Crippen LogP contribution is 2.48. The quantitative estimate of drug-likeness (QED) is 0.846. The van der Waals surface area contributed by atoms with Gasteiger partial charge in [-0.05, 0) is 37.7 Å². The molecule has 2 N–H and O–H groups in total. The smallest absolute Gasteiger partial charge is 0.126 e. The van der Waals surface area contributed by atoms with E-state index in [-0.39, 0.29) is 5.41 Å². The van der Waals surface area contributed by atoms with Gasteiger partial charge >= 0.3 is 0 Å². The lowest BCUT2D eigenvalue weighted by molar-refractivity contribution is 0.370. The van der Waals surface area contributed by atoms with E-state index in [4.69, 9.17) is 10.5 Å². The first-order chi connectivity index (χ1) is 8.68. The zero-order valence-electron chi connectivity index (χ0n) is 11.6. The highest BCUT2D eigenvalue weighted by atomic mass is 32.2. The normalized spacial score (nSPS) is 18.0. The monoisotopic (exact) mass is 265 g/mol. The van der Waals surface area contributed by atoms with E-state index in [2.05, 4.69) is 25.3 Å². The third kappa shape index (κ3) is 2.14. The Kier molecular flexibility index (Phi) is 4.23. The maximum Gasteiger partial charge on any atom is 0.126 e.